The van der Waals surface area contributed by atoms with E-state index in [4.69, 9.17) is 9.84 Å². The molecule has 1 aromatic heterocycles. The highest BCUT2D eigenvalue weighted by atomic mass is 16.5. The molecule has 0 spiro atoms. The van der Waals surface area contributed by atoms with Crippen molar-refractivity contribution in [3.8, 4) is 5.75 Å². The number of carbonyl (C=O) groups is 1. The van der Waals surface area contributed by atoms with Crippen molar-refractivity contribution in [2.75, 3.05) is 6.61 Å². The van der Waals surface area contributed by atoms with Crippen molar-refractivity contribution in [2.24, 2.45) is 0 Å². The van der Waals surface area contributed by atoms with E-state index in [-0.39, 0.29) is 18.1 Å². The van der Waals surface area contributed by atoms with E-state index in [1.165, 1.54) is 0 Å². The van der Waals surface area contributed by atoms with E-state index in [1.54, 1.807) is 19.1 Å². The molecular formula is C13H17NO4. The Bertz CT molecular complexity index is 452. The Balaban J connectivity index is 2.11. The van der Waals surface area contributed by atoms with Crippen molar-refractivity contribution >= 4 is 5.97 Å². The molecule has 1 aliphatic rings. The van der Waals surface area contributed by atoms with Gasteiger partial charge in [0.2, 0.25) is 0 Å². The Hall–Kier alpha value is -1.62. The van der Waals surface area contributed by atoms with Crippen LogP contribution in [-0.4, -0.2) is 33.4 Å². The van der Waals surface area contributed by atoms with Crippen molar-refractivity contribution in [1.29, 1.82) is 0 Å². The van der Waals surface area contributed by atoms with Crippen LogP contribution in [0.4, 0.5) is 0 Å². The summed E-state index contributed by atoms with van der Waals surface area (Å²) in [7, 11) is 0. The van der Waals surface area contributed by atoms with Gasteiger partial charge in [-0.3, -0.25) is 0 Å². The molecule has 0 atom stereocenters. The summed E-state index contributed by atoms with van der Waals surface area (Å²) < 4.78 is 5.45. The molecule has 5 nitrogen and oxygen atoms in total. The van der Waals surface area contributed by atoms with E-state index in [0.717, 1.165) is 12.8 Å². The average Bonchev–Trinajstić information content (AvgIpc) is 2.75. The molecule has 0 radical (unpaired) electrons. The molecule has 2 N–H and O–H groups in total. The highest BCUT2D eigenvalue weighted by molar-refractivity contribution is 5.88. The van der Waals surface area contributed by atoms with Crippen LogP contribution in [0.15, 0.2) is 12.1 Å². The van der Waals surface area contributed by atoms with Crippen LogP contribution in [0.2, 0.25) is 0 Å². The lowest BCUT2D eigenvalue weighted by Gasteiger charge is -2.22. The monoisotopic (exact) mass is 251 g/mol. The second kappa shape index (κ2) is 4.94. The van der Waals surface area contributed by atoms with Crippen LogP contribution in [-0.2, 0) is 0 Å². The van der Waals surface area contributed by atoms with Crippen LogP contribution in [0.25, 0.3) is 0 Å². The number of aromatic nitrogens is 1. The summed E-state index contributed by atoms with van der Waals surface area (Å²) in [5, 5.41) is 19.2. The number of carboxylic acids is 1. The number of aryl methyl sites for hydroxylation is 1. The molecule has 1 fully saturated rings. The molecule has 18 heavy (non-hydrogen) atoms. The van der Waals surface area contributed by atoms with Gasteiger partial charge in [-0.2, -0.15) is 0 Å². The molecule has 98 valence electrons. The number of nitrogens with zero attached hydrogens (tertiary/aromatic N) is 1. The third-order valence-electron chi connectivity index (χ3n) is 3.23. The number of rotatable bonds is 4. The summed E-state index contributed by atoms with van der Waals surface area (Å²) in [5.74, 6) is -0.902. The topological polar surface area (TPSA) is 79.7 Å². The van der Waals surface area contributed by atoms with Gasteiger partial charge in [0.05, 0.1) is 5.60 Å². The average molecular weight is 251 g/mol. The molecule has 1 aliphatic carbocycles. The highest BCUT2D eigenvalue weighted by Crippen LogP contribution is 2.30. The maximum absolute atomic E-state index is 11.0. The highest BCUT2D eigenvalue weighted by Gasteiger charge is 2.32. The third-order valence-corrected chi connectivity index (χ3v) is 3.23. The first-order chi connectivity index (χ1) is 8.50. The van der Waals surface area contributed by atoms with Gasteiger partial charge in [0.1, 0.15) is 6.61 Å². The van der Waals surface area contributed by atoms with Crippen molar-refractivity contribution in [2.45, 2.75) is 38.2 Å². The van der Waals surface area contributed by atoms with Crippen molar-refractivity contribution < 1.29 is 19.7 Å². The van der Waals surface area contributed by atoms with E-state index in [1.807, 2.05) is 0 Å². The summed E-state index contributed by atoms with van der Waals surface area (Å²) in [5.41, 5.74) is -0.295. The zero-order valence-electron chi connectivity index (χ0n) is 10.3. The van der Waals surface area contributed by atoms with E-state index in [0.29, 0.717) is 18.5 Å². The van der Waals surface area contributed by atoms with Crippen LogP contribution in [0.1, 0.15) is 41.9 Å². The molecular weight excluding hydrogens is 234 g/mol. The number of ether oxygens (including phenoxy) is 1. The minimum atomic E-state index is -1.12. The van der Waals surface area contributed by atoms with Crippen LogP contribution in [0, 0.1) is 6.92 Å². The molecule has 0 aromatic carbocycles. The van der Waals surface area contributed by atoms with Crippen LogP contribution >= 0.6 is 0 Å². The van der Waals surface area contributed by atoms with Gasteiger partial charge in [0.25, 0.3) is 0 Å². The van der Waals surface area contributed by atoms with Gasteiger partial charge in [-0.1, -0.05) is 12.8 Å². The predicted molar refractivity (Wildman–Crippen MR) is 64.8 cm³/mol. The number of hydrogen-bond acceptors (Lipinski definition) is 4. The fourth-order valence-electron chi connectivity index (χ4n) is 2.20. The Morgan fingerprint density at radius 2 is 2.11 bits per heavy atom. The van der Waals surface area contributed by atoms with E-state index in [2.05, 4.69) is 4.98 Å². The molecule has 1 aromatic rings. The first-order valence-electron chi connectivity index (χ1n) is 6.06. The summed E-state index contributed by atoms with van der Waals surface area (Å²) in [6.45, 7) is 1.85. The first-order valence-corrected chi connectivity index (χ1v) is 6.06. The van der Waals surface area contributed by atoms with Crippen LogP contribution in [0.5, 0.6) is 5.75 Å². The molecule has 0 amide bonds. The van der Waals surface area contributed by atoms with Gasteiger partial charge in [0.15, 0.2) is 11.4 Å². The first kappa shape index (κ1) is 12.8. The molecule has 1 heterocycles. The molecule has 5 heteroatoms. The van der Waals surface area contributed by atoms with E-state index < -0.39 is 11.6 Å². The molecule has 0 unspecified atom stereocenters. The smallest absolute Gasteiger partial charge is 0.358 e. The van der Waals surface area contributed by atoms with Gasteiger partial charge in [-0.25, -0.2) is 9.78 Å². The van der Waals surface area contributed by atoms with Gasteiger partial charge >= 0.3 is 5.97 Å². The van der Waals surface area contributed by atoms with Gasteiger partial charge in [-0.15, -0.1) is 0 Å². The van der Waals surface area contributed by atoms with Crippen molar-refractivity contribution in [3.05, 3.63) is 23.5 Å². The van der Waals surface area contributed by atoms with Crippen molar-refractivity contribution in [3.63, 3.8) is 0 Å². The van der Waals surface area contributed by atoms with Gasteiger partial charge in [0, 0.05) is 5.69 Å². The second-order valence-electron chi connectivity index (χ2n) is 4.82. The summed E-state index contributed by atoms with van der Waals surface area (Å²) in [4.78, 5) is 15.0. The Kier molecular flexibility index (Phi) is 3.52. The lowest BCUT2D eigenvalue weighted by Crippen LogP contribution is -2.32. The Morgan fingerprint density at radius 3 is 2.72 bits per heavy atom. The maximum Gasteiger partial charge on any atom is 0.358 e. The number of aliphatic hydroxyl groups is 1. The molecule has 1 saturated carbocycles. The summed E-state index contributed by atoms with van der Waals surface area (Å²) >= 11 is 0. The lowest BCUT2D eigenvalue weighted by atomic mass is 10.0. The molecule has 2 rings (SSSR count). The third kappa shape index (κ3) is 2.79. The van der Waals surface area contributed by atoms with Crippen molar-refractivity contribution in [1.82, 2.24) is 4.98 Å². The zero-order chi connectivity index (χ0) is 13.2. The minimum absolute atomic E-state index is 0.100. The van der Waals surface area contributed by atoms with E-state index in [9.17, 15) is 9.90 Å². The minimum Gasteiger partial charge on any atom is -0.488 e. The number of aromatic carboxylic acids is 1. The van der Waals surface area contributed by atoms with E-state index >= 15 is 0 Å². The van der Waals surface area contributed by atoms with Gasteiger partial charge < -0.3 is 14.9 Å². The zero-order valence-corrected chi connectivity index (χ0v) is 10.3. The van der Waals surface area contributed by atoms with Crippen LogP contribution < -0.4 is 4.74 Å². The molecule has 0 aliphatic heterocycles. The fourth-order valence-corrected chi connectivity index (χ4v) is 2.20. The summed E-state index contributed by atoms with van der Waals surface area (Å²) in [6.07, 6.45) is 3.37. The normalized spacial score (nSPS) is 17.7. The Morgan fingerprint density at radius 1 is 1.44 bits per heavy atom. The lowest BCUT2D eigenvalue weighted by molar-refractivity contribution is 0.000748. The predicted octanol–water partition coefficient (Wildman–Crippen LogP) is 1.77. The quantitative estimate of drug-likeness (QED) is 0.852. The summed E-state index contributed by atoms with van der Waals surface area (Å²) in [6, 6.07) is 3.28. The SMILES string of the molecule is Cc1ccc(OCC2(O)CCCC2)c(C(=O)O)n1. The number of pyridine rings is 1. The fraction of sp³-hybridized carbons (Fsp3) is 0.538. The van der Waals surface area contributed by atoms with Gasteiger partial charge in [-0.05, 0) is 31.9 Å². The Labute approximate surface area is 105 Å². The second-order valence-corrected chi connectivity index (χ2v) is 4.82. The number of hydrogen-bond donors (Lipinski definition) is 2. The number of carboxylic acid groups (broad SMARTS) is 1. The molecule has 0 bridgehead atoms. The largest absolute Gasteiger partial charge is 0.488 e. The van der Waals surface area contributed by atoms with Crippen LogP contribution in [0.3, 0.4) is 0 Å². The standard InChI is InChI=1S/C13H17NO4/c1-9-4-5-10(11(14-9)12(15)16)18-8-13(17)6-2-3-7-13/h4-5,17H,2-3,6-8H2,1H3,(H,15,16). The maximum atomic E-state index is 11.0. The molecule has 0 saturated heterocycles.